The van der Waals surface area contributed by atoms with Crippen molar-refractivity contribution in [3.8, 4) is 21.7 Å². The van der Waals surface area contributed by atoms with Gasteiger partial charge in [-0.2, -0.15) is 0 Å². The standard InChI is InChI=1S/C19H18N2O3S2/c1-13(26(2,23)24)18(22)21-19-20-16(14-9-5-3-6-10-14)17(25-19)15-11-7-4-8-12-15/h3-13H,1-2H3,(H,20,21,22). The first-order valence-electron chi connectivity index (χ1n) is 7.97. The summed E-state index contributed by atoms with van der Waals surface area (Å²) in [5.41, 5.74) is 2.67. The lowest BCUT2D eigenvalue weighted by atomic mass is 10.1. The quantitative estimate of drug-likeness (QED) is 0.723. The van der Waals surface area contributed by atoms with E-state index in [0.717, 1.165) is 28.0 Å². The van der Waals surface area contributed by atoms with Crippen LogP contribution in [0.25, 0.3) is 21.7 Å². The highest BCUT2D eigenvalue weighted by Crippen LogP contribution is 2.38. The van der Waals surface area contributed by atoms with Crippen molar-refractivity contribution >= 4 is 32.2 Å². The van der Waals surface area contributed by atoms with E-state index in [2.05, 4.69) is 10.3 Å². The largest absolute Gasteiger partial charge is 0.301 e. The molecule has 0 saturated heterocycles. The molecule has 0 aliphatic rings. The highest BCUT2D eigenvalue weighted by atomic mass is 32.2. The first kappa shape index (κ1) is 18.3. The molecule has 0 aliphatic carbocycles. The van der Waals surface area contributed by atoms with Gasteiger partial charge in [0.05, 0.1) is 10.6 Å². The van der Waals surface area contributed by atoms with Gasteiger partial charge in [0.15, 0.2) is 15.0 Å². The fraction of sp³-hybridized carbons (Fsp3) is 0.158. The predicted octanol–water partition coefficient (Wildman–Crippen LogP) is 3.85. The maximum atomic E-state index is 12.2. The van der Waals surface area contributed by atoms with Gasteiger partial charge in [0.2, 0.25) is 5.91 Å². The number of benzene rings is 2. The molecule has 3 rings (SSSR count). The number of nitrogens with one attached hydrogen (secondary N) is 1. The molecular weight excluding hydrogens is 368 g/mol. The van der Waals surface area contributed by atoms with Gasteiger partial charge in [-0.25, -0.2) is 13.4 Å². The molecule has 26 heavy (non-hydrogen) atoms. The van der Waals surface area contributed by atoms with Crippen molar-refractivity contribution in [3.63, 3.8) is 0 Å². The average molecular weight is 386 g/mol. The smallest absolute Gasteiger partial charge is 0.244 e. The second-order valence-corrected chi connectivity index (χ2v) is 9.26. The van der Waals surface area contributed by atoms with Crippen molar-refractivity contribution in [2.24, 2.45) is 0 Å². The molecule has 1 atom stereocenters. The molecule has 1 heterocycles. The van der Waals surface area contributed by atoms with Gasteiger partial charge in [-0.05, 0) is 12.5 Å². The summed E-state index contributed by atoms with van der Waals surface area (Å²) in [6.07, 6.45) is 1.05. The van der Waals surface area contributed by atoms with Crippen molar-refractivity contribution in [2.75, 3.05) is 11.6 Å². The Labute approximate surface area is 156 Å². The normalized spacial score (nSPS) is 12.5. The number of hydrogen-bond donors (Lipinski definition) is 1. The zero-order valence-corrected chi connectivity index (χ0v) is 16.0. The minimum absolute atomic E-state index is 0.378. The van der Waals surface area contributed by atoms with Crippen LogP contribution in [0.5, 0.6) is 0 Å². The number of sulfone groups is 1. The van der Waals surface area contributed by atoms with E-state index >= 15 is 0 Å². The van der Waals surface area contributed by atoms with Gasteiger partial charge in [-0.15, -0.1) is 0 Å². The molecule has 1 N–H and O–H groups in total. The van der Waals surface area contributed by atoms with Crippen LogP contribution in [0.2, 0.25) is 0 Å². The fourth-order valence-corrected chi connectivity index (χ4v) is 3.80. The molecule has 134 valence electrons. The molecule has 3 aromatic rings. The minimum atomic E-state index is -3.46. The van der Waals surface area contributed by atoms with Crippen molar-refractivity contribution < 1.29 is 13.2 Å². The molecule has 1 aromatic heterocycles. The summed E-state index contributed by atoms with van der Waals surface area (Å²) in [6.45, 7) is 1.37. The molecule has 0 radical (unpaired) electrons. The highest BCUT2D eigenvalue weighted by molar-refractivity contribution is 7.92. The van der Waals surface area contributed by atoms with Gasteiger partial charge < -0.3 is 5.32 Å². The van der Waals surface area contributed by atoms with E-state index in [1.165, 1.54) is 18.3 Å². The molecule has 0 aliphatic heterocycles. The molecule has 1 unspecified atom stereocenters. The summed E-state index contributed by atoms with van der Waals surface area (Å²) in [6, 6.07) is 19.4. The summed E-state index contributed by atoms with van der Waals surface area (Å²) in [5, 5.41) is 1.88. The molecule has 5 nitrogen and oxygen atoms in total. The number of amides is 1. The molecule has 2 aromatic carbocycles. The van der Waals surface area contributed by atoms with E-state index in [-0.39, 0.29) is 0 Å². The van der Waals surface area contributed by atoms with E-state index < -0.39 is 21.0 Å². The predicted molar refractivity (Wildman–Crippen MR) is 106 cm³/mol. The Bertz CT molecular complexity index is 956. The van der Waals surface area contributed by atoms with Gasteiger partial charge in [-0.1, -0.05) is 72.0 Å². The van der Waals surface area contributed by atoms with Crippen LogP contribution in [0.3, 0.4) is 0 Å². The van der Waals surface area contributed by atoms with Crippen molar-refractivity contribution in [1.29, 1.82) is 0 Å². The Morgan fingerprint density at radius 2 is 1.54 bits per heavy atom. The lowest BCUT2D eigenvalue weighted by molar-refractivity contribution is -0.115. The maximum absolute atomic E-state index is 12.2. The summed E-state index contributed by atoms with van der Waals surface area (Å²) in [5.74, 6) is -0.583. The number of carbonyl (C=O) groups is 1. The number of nitrogens with zero attached hydrogens (tertiary/aromatic N) is 1. The average Bonchev–Trinajstić information content (AvgIpc) is 3.05. The maximum Gasteiger partial charge on any atom is 0.244 e. The van der Waals surface area contributed by atoms with Crippen LogP contribution >= 0.6 is 11.3 Å². The van der Waals surface area contributed by atoms with Crippen LogP contribution in [0.15, 0.2) is 60.7 Å². The molecule has 0 bridgehead atoms. The van der Waals surface area contributed by atoms with Crippen LogP contribution in [0.4, 0.5) is 5.13 Å². The van der Waals surface area contributed by atoms with Gasteiger partial charge in [0, 0.05) is 11.8 Å². The first-order chi connectivity index (χ1) is 12.4. The summed E-state index contributed by atoms with van der Waals surface area (Å²) in [4.78, 5) is 17.7. The zero-order valence-electron chi connectivity index (χ0n) is 14.3. The topological polar surface area (TPSA) is 76.1 Å². The van der Waals surface area contributed by atoms with Crippen molar-refractivity contribution in [2.45, 2.75) is 12.2 Å². The van der Waals surface area contributed by atoms with Crippen LogP contribution in [-0.2, 0) is 14.6 Å². The summed E-state index contributed by atoms with van der Waals surface area (Å²) in [7, 11) is -3.46. The molecule has 7 heteroatoms. The third-order valence-electron chi connectivity index (χ3n) is 3.95. The number of thiazole rings is 1. The van der Waals surface area contributed by atoms with Gasteiger partial charge in [0.1, 0.15) is 5.25 Å². The Hall–Kier alpha value is -2.51. The SMILES string of the molecule is CC(C(=O)Nc1nc(-c2ccccc2)c(-c2ccccc2)s1)S(C)(=O)=O. The van der Waals surface area contributed by atoms with E-state index in [0.29, 0.717) is 5.13 Å². The number of anilines is 1. The highest BCUT2D eigenvalue weighted by Gasteiger charge is 2.25. The Morgan fingerprint density at radius 1 is 1.00 bits per heavy atom. The summed E-state index contributed by atoms with van der Waals surface area (Å²) >= 11 is 1.33. The molecule has 0 fully saturated rings. The van der Waals surface area contributed by atoms with Crippen molar-refractivity contribution in [3.05, 3.63) is 60.7 Å². The van der Waals surface area contributed by atoms with Crippen LogP contribution in [-0.4, -0.2) is 30.8 Å². The third kappa shape index (κ3) is 4.00. The van der Waals surface area contributed by atoms with E-state index in [4.69, 9.17) is 0 Å². The van der Waals surface area contributed by atoms with Crippen LogP contribution < -0.4 is 5.32 Å². The van der Waals surface area contributed by atoms with Gasteiger partial charge >= 0.3 is 0 Å². The monoisotopic (exact) mass is 386 g/mol. The zero-order chi connectivity index (χ0) is 18.7. The van der Waals surface area contributed by atoms with Crippen LogP contribution in [0.1, 0.15) is 6.92 Å². The number of hydrogen-bond acceptors (Lipinski definition) is 5. The first-order valence-corrected chi connectivity index (χ1v) is 10.7. The molecular formula is C19H18N2O3S2. The minimum Gasteiger partial charge on any atom is -0.301 e. The number of carbonyl (C=O) groups excluding carboxylic acids is 1. The van der Waals surface area contributed by atoms with Gasteiger partial charge in [-0.3, -0.25) is 4.79 Å². The molecule has 0 spiro atoms. The fourth-order valence-electron chi connectivity index (χ4n) is 2.35. The summed E-state index contributed by atoms with van der Waals surface area (Å²) < 4.78 is 23.2. The Balaban J connectivity index is 2.01. The second-order valence-electron chi connectivity index (χ2n) is 5.89. The number of rotatable bonds is 5. The van der Waals surface area contributed by atoms with Crippen LogP contribution in [0, 0.1) is 0 Å². The lowest BCUT2D eigenvalue weighted by Crippen LogP contribution is -2.31. The Morgan fingerprint density at radius 3 is 2.08 bits per heavy atom. The molecule has 0 saturated carbocycles. The van der Waals surface area contributed by atoms with E-state index in [1.807, 2.05) is 60.7 Å². The lowest BCUT2D eigenvalue weighted by Gasteiger charge is -2.07. The number of aromatic nitrogens is 1. The van der Waals surface area contributed by atoms with Gasteiger partial charge in [0.25, 0.3) is 0 Å². The second kappa shape index (κ2) is 7.39. The Kier molecular flexibility index (Phi) is 5.20. The van der Waals surface area contributed by atoms with E-state index in [1.54, 1.807) is 0 Å². The third-order valence-corrected chi connectivity index (χ3v) is 6.47. The molecule has 1 amide bonds. The van der Waals surface area contributed by atoms with E-state index in [9.17, 15) is 13.2 Å². The van der Waals surface area contributed by atoms with Crippen molar-refractivity contribution in [1.82, 2.24) is 4.98 Å².